The molecule has 1 fully saturated rings. The maximum absolute atomic E-state index is 13.2. The molecule has 13 heavy (non-hydrogen) atoms. The molecule has 0 aliphatic carbocycles. The molecule has 0 aromatic heterocycles. The van der Waals surface area contributed by atoms with Crippen molar-refractivity contribution in [2.45, 2.75) is 25.1 Å². The van der Waals surface area contributed by atoms with Gasteiger partial charge in [-0.15, -0.1) is 0 Å². The van der Waals surface area contributed by atoms with Gasteiger partial charge in [0.15, 0.2) is 6.17 Å². The third-order valence-corrected chi connectivity index (χ3v) is 2.02. The van der Waals surface area contributed by atoms with Gasteiger partial charge >= 0.3 is 0 Å². The van der Waals surface area contributed by atoms with Crippen LogP contribution in [0.1, 0.15) is 13.3 Å². The molecule has 0 bridgehead atoms. The highest BCUT2D eigenvalue weighted by atomic mass is 19.1. The smallest absolute Gasteiger partial charge is 0.270 e. The van der Waals surface area contributed by atoms with Crippen molar-refractivity contribution < 1.29 is 14.3 Å². The van der Waals surface area contributed by atoms with E-state index >= 15 is 0 Å². The van der Waals surface area contributed by atoms with Crippen molar-refractivity contribution in [1.29, 1.82) is 0 Å². The Labute approximate surface area is 76.5 Å². The fourth-order valence-corrected chi connectivity index (χ4v) is 1.24. The molecule has 1 heterocycles. The van der Waals surface area contributed by atoms with E-state index < -0.39 is 17.7 Å². The van der Waals surface area contributed by atoms with E-state index in [1.54, 1.807) is 6.92 Å². The van der Waals surface area contributed by atoms with Crippen molar-refractivity contribution >= 4 is 5.91 Å². The molecule has 1 rings (SSSR count). The molecule has 0 radical (unpaired) electrons. The predicted octanol–water partition coefficient (Wildman–Crippen LogP) is -0.0590. The van der Waals surface area contributed by atoms with Crippen LogP contribution in [-0.4, -0.2) is 41.3 Å². The number of rotatable bonds is 0. The maximum Gasteiger partial charge on any atom is 0.270 e. The molecule has 0 aromatic rings. The molecule has 4 heteroatoms. The van der Waals surface area contributed by atoms with Crippen LogP contribution in [0, 0.1) is 11.8 Å². The van der Waals surface area contributed by atoms with Crippen LogP contribution in [0.25, 0.3) is 0 Å². The number of aliphatic hydroxyl groups is 1. The normalized spacial score (nSPS) is 33.1. The van der Waals surface area contributed by atoms with E-state index in [2.05, 4.69) is 11.8 Å². The second-order valence-corrected chi connectivity index (χ2v) is 3.07. The van der Waals surface area contributed by atoms with Crippen molar-refractivity contribution in [1.82, 2.24) is 4.90 Å². The average molecular weight is 185 g/mol. The molecular weight excluding hydrogens is 173 g/mol. The highest BCUT2D eigenvalue weighted by molar-refractivity contribution is 5.91. The fourth-order valence-electron chi connectivity index (χ4n) is 1.24. The lowest BCUT2D eigenvalue weighted by Crippen LogP contribution is -2.42. The predicted molar refractivity (Wildman–Crippen MR) is 45.5 cm³/mol. The van der Waals surface area contributed by atoms with Crippen LogP contribution in [-0.2, 0) is 4.79 Å². The molecule has 3 nitrogen and oxygen atoms in total. The van der Waals surface area contributed by atoms with Gasteiger partial charge in [0.2, 0.25) is 5.60 Å². The molecule has 72 valence electrons. The highest BCUT2D eigenvalue weighted by Crippen LogP contribution is 2.24. The van der Waals surface area contributed by atoms with E-state index in [4.69, 9.17) is 0 Å². The Balaban J connectivity index is 2.94. The molecule has 1 aliphatic rings. The largest absolute Gasteiger partial charge is 0.367 e. The Bertz CT molecular complexity index is 281. The highest BCUT2D eigenvalue weighted by Gasteiger charge is 2.51. The third-order valence-electron chi connectivity index (χ3n) is 2.02. The Morgan fingerprint density at radius 1 is 1.85 bits per heavy atom. The van der Waals surface area contributed by atoms with Crippen molar-refractivity contribution in [2.75, 3.05) is 13.6 Å². The standard InChI is InChI=1S/C9H12FNO2/c1-3-4-5-9(13)7(10)6-11(2)8(9)12/h7,13H,3,6H2,1-2H3. The summed E-state index contributed by atoms with van der Waals surface area (Å²) in [7, 11) is 1.44. The molecule has 1 saturated heterocycles. The number of halogens is 1. The monoisotopic (exact) mass is 185 g/mol. The molecule has 0 spiro atoms. The van der Waals surface area contributed by atoms with Crippen LogP contribution in [0.3, 0.4) is 0 Å². The van der Waals surface area contributed by atoms with Gasteiger partial charge in [0.05, 0.1) is 6.54 Å². The van der Waals surface area contributed by atoms with Crippen LogP contribution in [0.15, 0.2) is 0 Å². The Kier molecular flexibility index (Phi) is 2.58. The lowest BCUT2D eigenvalue weighted by atomic mass is 10.0. The van der Waals surface area contributed by atoms with Crippen molar-refractivity contribution in [2.24, 2.45) is 0 Å². The van der Waals surface area contributed by atoms with E-state index in [9.17, 15) is 14.3 Å². The Morgan fingerprint density at radius 3 is 2.85 bits per heavy atom. The third kappa shape index (κ3) is 1.52. The first-order valence-electron chi connectivity index (χ1n) is 4.14. The summed E-state index contributed by atoms with van der Waals surface area (Å²) in [6.07, 6.45) is -1.12. The quantitative estimate of drug-likeness (QED) is 0.537. The van der Waals surface area contributed by atoms with Gasteiger partial charge in [-0.2, -0.15) is 0 Å². The zero-order valence-electron chi connectivity index (χ0n) is 7.67. The molecule has 2 atom stereocenters. The van der Waals surface area contributed by atoms with E-state index in [0.29, 0.717) is 6.42 Å². The summed E-state index contributed by atoms with van der Waals surface area (Å²) in [4.78, 5) is 12.4. The molecule has 0 aromatic carbocycles. The first kappa shape index (κ1) is 10.0. The molecule has 1 N–H and O–H groups in total. The minimum atomic E-state index is -2.11. The summed E-state index contributed by atoms with van der Waals surface area (Å²) >= 11 is 0. The zero-order valence-corrected chi connectivity index (χ0v) is 7.67. The van der Waals surface area contributed by atoms with Crippen LogP contribution in [0.4, 0.5) is 4.39 Å². The molecule has 2 unspecified atom stereocenters. The number of likely N-dealkylation sites (tertiary alicyclic amines) is 1. The van der Waals surface area contributed by atoms with Crippen LogP contribution < -0.4 is 0 Å². The van der Waals surface area contributed by atoms with E-state index in [-0.39, 0.29) is 6.54 Å². The number of alkyl halides is 1. The van der Waals surface area contributed by atoms with Gasteiger partial charge in [-0.25, -0.2) is 4.39 Å². The van der Waals surface area contributed by atoms with E-state index in [0.717, 1.165) is 4.90 Å². The number of hydrogen-bond acceptors (Lipinski definition) is 2. The van der Waals surface area contributed by atoms with Gasteiger partial charge < -0.3 is 10.0 Å². The summed E-state index contributed by atoms with van der Waals surface area (Å²) < 4.78 is 13.2. The van der Waals surface area contributed by atoms with Crippen molar-refractivity contribution in [3.8, 4) is 11.8 Å². The number of carbonyl (C=O) groups excluding carboxylic acids is 1. The number of likely N-dealkylation sites (N-methyl/N-ethyl adjacent to an activating group) is 1. The van der Waals surface area contributed by atoms with Crippen molar-refractivity contribution in [3.63, 3.8) is 0 Å². The van der Waals surface area contributed by atoms with E-state index in [1.165, 1.54) is 7.05 Å². The average Bonchev–Trinajstić information content (AvgIpc) is 2.28. The van der Waals surface area contributed by atoms with E-state index in [1.807, 2.05) is 0 Å². The van der Waals surface area contributed by atoms with Gasteiger partial charge in [-0.1, -0.05) is 18.8 Å². The molecular formula is C9H12FNO2. The lowest BCUT2D eigenvalue weighted by molar-refractivity contribution is -0.139. The molecule has 1 amide bonds. The first-order chi connectivity index (χ1) is 6.02. The minimum absolute atomic E-state index is 0.0896. The fraction of sp³-hybridized carbons (Fsp3) is 0.667. The summed E-state index contributed by atoms with van der Waals surface area (Å²) in [6.45, 7) is 1.68. The zero-order chi connectivity index (χ0) is 10.1. The van der Waals surface area contributed by atoms with Crippen LogP contribution >= 0.6 is 0 Å². The summed E-state index contributed by atoms with van der Waals surface area (Å²) in [5, 5.41) is 9.59. The van der Waals surface area contributed by atoms with Crippen molar-refractivity contribution in [3.05, 3.63) is 0 Å². The van der Waals surface area contributed by atoms with Crippen LogP contribution in [0.2, 0.25) is 0 Å². The number of amides is 1. The van der Waals surface area contributed by atoms with Gasteiger partial charge in [0.25, 0.3) is 5.91 Å². The topological polar surface area (TPSA) is 40.5 Å². The first-order valence-corrected chi connectivity index (χ1v) is 4.14. The maximum atomic E-state index is 13.2. The van der Waals surface area contributed by atoms with Gasteiger partial charge in [-0.05, 0) is 0 Å². The molecule has 0 saturated carbocycles. The minimum Gasteiger partial charge on any atom is -0.367 e. The Morgan fingerprint density at radius 2 is 2.46 bits per heavy atom. The van der Waals surface area contributed by atoms with Gasteiger partial charge in [0.1, 0.15) is 0 Å². The second-order valence-electron chi connectivity index (χ2n) is 3.07. The lowest BCUT2D eigenvalue weighted by Gasteiger charge is -2.14. The second kappa shape index (κ2) is 3.35. The molecule has 1 aliphatic heterocycles. The summed E-state index contributed by atoms with van der Waals surface area (Å²) in [5.74, 6) is 4.15. The SMILES string of the molecule is CCC#CC1(O)C(=O)N(C)CC1F. The Hall–Kier alpha value is -1.08. The summed E-state index contributed by atoms with van der Waals surface area (Å²) in [6, 6.07) is 0. The number of hydrogen-bond donors (Lipinski definition) is 1. The van der Waals surface area contributed by atoms with Gasteiger partial charge in [-0.3, -0.25) is 4.79 Å². The number of carbonyl (C=O) groups is 1. The van der Waals surface area contributed by atoms with Crippen LogP contribution in [0.5, 0.6) is 0 Å². The van der Waals surface area contributed by atoms with Gasteiger partial charge in [0, 0.05) is 13.5 Å². The number of nitrogens with zero attached hydrogens (tertiary/aromatic N) is 1. The summed E-state index contributed by atoms with van der Waals surface area (Å²) in [5.41, 5.74) is -2.11.